The maximum absolute atomic E-state index is 13.0. The molecule has 0 unspecified atom stereocenters. The van der Waals surface area contributed by atoms with E-state index in [4.69, 9.17) is 4.74 Å². The molecule has 1 atom stereocenters. The van der Waals surface area contributed by atoms with E-state index in [0.717, 1.165) is 11.6 Å². The fourth-order valence-electron chi connectivity index (χ4n) is 4.50. The van der Waals surface area contributed by atoms with Gasteiger partial charge in [-0.1, -0.05) is 42.5 Å². The number of aryl methyl sites for hydroxylation is 2. The van der Waals surface area contributed by atoms with Gasteiger partial charge < -0.3 is 29.8 Å². The van der Waals surface area contributed by atoms with Gasteiger partial charge in [-0.2, -0.15) is 0 Å². The van der Waals surface area contributed by atoms with Crippen LogP contribution in [0.4, 0.5) is 17.1 Å². The molecule has 4 aromatic rings. The number of methoxy groups -OCH3 is 1. The first-order valence-corrected chi connectivity index (χ1v) is 13.1. The molecule has 3 N–H and O–H groups in total. The van der Waals surface area contributed by atoms with Crippen LogP contribution in [0.3, 0.4) is 0 Å². The van der Waals surface area contributed by atoms with E-state index in [1.807, 2.05) is 30.3 Å². The van der Waals surface area contributed by atoms with Crippen molar-refractivity contribution in [1.29, 1.82) is 0 Å². The van der Waals surface area contributed by atoms with Crippen molar-refractivity contribution >= 4 is 40.8 Å². The predicted molar refractivity (Wildman–Crippen MR) is 158 cm³/mol. The van der Waals surface area contributed by atoms with Crippen molar-refractivity contribution in [2.75, 3.05) is 17.7 Å². The first-order chi connectivity index (χ1) is 20.5. The van der Waals surface area contributed by atoms with E-state index in [-0.39, 0.29) is 35.8 Å². The van der Waals surface area contributed by atoms with Crippen LogP contribution in [-0.4, -0.2) is 50.9 Å². The molecule has 2 heterocycles. The number of carbonyl (C=O) groups excluding carboxylic acids is 4. The molecule has 0 radical (unpaired) electrons. The van der Waals surface area contributed by atoms with E-state index in [2.05, 4.69) is 16.0 Å². The Morgan fingerprint density at radius 1 is 0.837 bits per heavy atom. The van der Waals surface area contributed by atoms with Crippen molar-refractivity contribution in [1.82, 2.24) is 14.5 Å². The first-order valence-electron chi connectivity index (χ1n) is 13.1. The molecule has 4 rings (SSSR count). The molecule has 3 amide bonds. The van der Waals surface area contributed by atoms with Gasteiger partial charge in [0.1, 0.15) is 17.4 Å². The maximum atomic E-state index is 13.0. The summed E-state index contributed by atoms with van der Waals surface area (Å²) in [4.78, 5) is 61.2. The van der Waals surface area contributed by atoms with E-state index < -0.39 is 28.7 Å². The number of nitro groups is 1. The number of hydrogen-bond acceptors (Lipinski definition) is 7. The van der Waals surface area contributed by atoms with Gasteiger partial charge in [-0.25, -0.2) is 4.79 Å². The predicted octanol–water partition coefficient (Wildman–Crippen LogP) is 3.22. The number of aromatic nitrogens is 2. The minimum Gasteiger partial charge on any atom is -0.467 e. The van der Waals surface area contributed by atoms with Crippen LogP contribution >= 0.6 is 0 Å². The van der Waals surface area contributed by atoms with Crippen LogP contribution in [0.1, 0.15) is 32.1 Å². The van der Waals surface area contributed by atoms with Crippen LogP contribution < -0.4 is 16.0 Å². The summed E-state index contributed by atoms with van der Waals surface area (Å²) in [5.41, 5.74) is 2.34. The normalized spacial score (nSPS) is 11.3. The zero-order chi connectivity index (χ0) is 31.1. The summed E-state index contributed by atoms with van der Waals surface area (Å²) in [6, 6.07) is 17.8. The summed E-state index contributed by atoms with van der Waals surface area (Å²) in [6.07, 6.45) is 3.01. The van der Waals surface area contributed by atoms with Crippen molar-refractivity contribution in [3.05, 3.63) is 112 Å². The lowest BCUT2D eigenvalue weighted by Gasteiger charge is -2.17. The van der Waals surface area contributed by atoms with Gasteiger partial charge in [-0.15, -0.1) is 0 Å². The van der Waals surface area contributed by atoms with Gasteiger partial charge in [0.15, 0.2) is 0 Å². The van der Waals surface area contributed by atoms with Gasteiger partial charge in [-0.05, 0) is 29.3 Å². The van der Waals surface area contributed by atoms with Gasteiger partial charge in [0.2, 0.25) is 5.91 Å². The number of carbonyl (C=O) groups is 4. The summed E-state index contributed by atoms with van der Waals surface area (Å²) in [5.74, 6) is -1.98. The molecule has 2 aromatic heterocycles. The summed E-state index contributed by atoms with van der Waals surface area (Å²) >= 11 is 0. The van der Waals surface area contributed by atoms with Crippen molar-refractivity contribution < 1.29 is 28.8 Å². The Morgan fingerprint density at radius 3 is 2.12 bits per heavy atom. The number of rotatable bonds is 11. The molecule has 2 aromatic carbocycles. The number of hydrogen-bond donors (Lipinski definition) is 3. The Bertz CT molecular complexity index is 1680. The average Bonchev–Trinajstić information content (AvgIpc) is 3.55. The lowest BCUT2D eigenvalue weighted by atomic mass is 10.1. The van der Waals surface area contributed by atoms with E-state index >= 15 is 0 Å². The second-order valence-electron chi connectivity index (χ2n) is 9.79. The molecular formula is C30H30N6O7. The highest BCUT2D eigenvalue weighted by molar-refractivity contribution is 6.07. The highest BCUT2D eigenvalue weighted by Gasteiger charge is 2.23. The van der Waals surface area contributed by atoms with Gasteiger partial charge in [0.05, 0.1) is 30.3 Å². The van der Waals surface area contributed by atoms with Gasteiger partial charge in [0.25, 0.3) is 17.5 Å². The van der Waals surface area contributed by atoms with Gasteiger partial charge in [-0.3, -0.25) is 24.5 Å². The number of nitrogens with zero attached hydrogens (tertiary/aromatic N) is 3. The lowest BCUT2D eigenvalue weighted by molar-refractivity contribution is -0.384. The molecule has 0 spiro atoms. The molecule has 0 fully saturated rings. The first kappa shape index (κ1) is 30.2. The molecule has 0 saturated carbocycles. The van der Waals surface area contributed by atoms with Crippen molar-refractivity contribution in [3.63, 3.8) is 0 Å². The zero-order valence-corrected chi connectivity index (χ0v) is 23.7. The van der Waals surface area contributed by atoms with E-state index in [0.29, 0.717) is 16.9 Å². The summed E-state index contributed by atoms with van der Waals surface area (Å²) in [7, 11) is 4.41. The number of esters is 1. The highest BCUT2D eigenvalue weighted by Crippen LogP contribution is 2.20. The zero-order valence-electron chi connectivity index (χ0n) is 23.7. The number of ether oxygens (including phenoxy) is 1. The number of amides is 3. The fraction of sp³-hybridized carbons (Fsp3) is 0.200. The standard InChI is InChI=1S/C30H30N6O7/c1-34-17-22(32-29(39)26-16-23(36(41)42)18-35(26)2)15-25(34)28(38)31-21-11-7-10-20(12-21)14-27(37)33-24(30(40)43-3)13-19-8-5-4-6-9-19/h4-12,15-18,24H,13-14H2,1-3H3,(H,31,38)(H,32,39)(H,33,37)/t24-/m0/s1. The molecule has 0 aliphatic heterocycles. The molecule has 13 heteroatoms. The van der Waals surface area contributed by atoms with Gasteiger partial charge >= 0.3 is 5.97 Å². The quantitative estimate of drug-likeness (QED) is 0.138. The minimum absolute atomic E-state index is 0.0381. The lowest BCUT2D eigenvalue weighted by Crippen LogP contribution is -2.43. The average molecular weight is 587 g/mol. The van der Waals surface area contributed by atoms with Gasteiger partial charge in [0, 0.05) is 38.5 Å². The van der Waals surface area contributed by atoms with Crippen molar-refractivity contribution in [2.45, 2.75) is 18.9 Å². The molecule has 13 nitrogen and oxygen atoms in total. The van der Waals surface area contributed by atoms with Crippen molar-refractivity contribution in [2.24, 2.45) is 14.1 Å². The summed E-state index contributed by atoms with van der Waals surface area (Å²) in [5, 5.41) is 19.2. The Kier molecular flexibility index (Phi) is 9.35. The van der Waals surface area contributed by atoms with Crippen molar-refractivity contribution in [3.8, 4) is 0 Å². The van der Waals surface area contributed by atoms with Crippen LogP contribution in [0.5, 0.6) is 0 Å². The third-order valence-electron chi connectivity index (χ3n) is 6.58. The third-order valence-corrected chi connectivity index (χ3v) is 6.58. The largest absolute Gasteiger partial charge is 0.467 e. The second-order valence-corrected chi connectivity index (χ2v) is 9.79. The van der Waals surface area contributed by atoms with E-state index in [1.165, 1.54) is 41.8 Å². The highest BCUT2D eigenvalue weighted by atomic mass is 16.6. The molecular weight excluding hydrogens is 556 g/mol. The molecule has 0 bridgehead atoms. The molecule has 222 valence electrons. The Hall–Kier alpha value is -5.72. The SMILES string of the molecule is COC(=O)[C@H](Cc1ccccc1)NC(=O)Cc1cccc(NC(=O)c2cc(NC(=O)c3cc([N+](=O)[O-])cn3C)cn2C)c1. The minimum atomic E-state index is -0.855. The molecule has 0 saturated heterocycles. The maximum Gasteiger partial charge on any atom is 0.328 e. The smallest absolute Gasteiger partial charge is 0.328 e. The summed E-state index contributed by atoms with van der Waals surface area (Å²) < 4.78 is 7.73. The monoisotopic (exact) mass is 586 g/mol. The third kappa shape index (κ3) is 7.73. The number of benzene rings is 2. The van der Waals surface area contributed by atoms with E-state index in [9.17, 15) is 29.3 Å². The van der Waals surface area contributed by atoms with Crippen LogP contribution in [0.2, 0.25) is 0 Å². The Morgan fingerprint density at radius 2 is 1.47 bits per heavy atom. The van der Waals surface area contributed by atoms with Crippen LogP contribution in [0, 0.1) is 10.1 Å². The Balaban J connectivity index is 1.38. The molecule has 0 aliphatic carbocycles. The Labute approximate surface area is 246 Å². The topological polar surface area (TPSA) is 167 Å². The molecule has 43 heavy (non-hydrogen) atoms. The number of nitrogens with one attached hydrogen (secondary N) is 3. The van der Waals surface area contributed by atoms with Crippen LogP contribution in [0.25, 0.3) is 0 Å². The van der Waals surface area contributed by atoms with Crippen LogP contribution in [-0.2, 0) is 41.3 Å². The molecule has 0 aliphatic rings. The van der Waals surface area contributed by atoms with Crippen LogP contribution in [0.15, 0.2) is 79.1 Å². The fourth-order valence-corrected chi connectivity index (χ4v) is 4.50. The van der Waals surface area contributed by atoms with E-state index in [1.54, 1.807) is 31.3 Å². The summed E-state index contributed by atoms with van der Waals surface area (Å²) in [6.45, 7) is 0. The second kappa shape index (κ2) is 13.3. The number of anilines is 2.